The first-order valence-corrected chi connectivity index (χ1v) is 18.5. The molecule has 7 N–H and O–H groups in total. The number of methoxy groups -OCH3 is 1. The molecule has 0 aliphatic carbocycles. The third kappa shape index (κ3) is 10.5. The topological polar surface area (TPSA) is 245 Å². The molecule has 3 aromatic carbocycles. The molecule has 2 heterocycles. The number of esters is 1. The number of nitriles is 1. The van der Waals surface area contributed by atoms with Crippen molar-refractivity contribution in [2.24, 2.45) is 5.41 Å². The molecule has 0 radical (unpaired) electrons. The normalized spacial score (nSPS) is 26.2. The van der Waals surface area contributed by atoms with Crippen LogP contribution in [0.5, 0.6) is 5.75 Å². The van der Waals surface area contributed by atoms with E-state index >= 15 is 8.78 Å². The van der Waals surface area contributed by atoms with Crippen molar-refractivity contribution in [1.82, 2.24) is 5.32 Å². The minimum Gasteiger partial charge on any atom is -0.495 e. The van der Waals surface area contributed by atoms with E-state index in [4.69, 9.17) is 47.3 Å². The highest BCUT2D eigenvalue weighted by Crippen LogP contribution is 2.53. The number of halogens is 7. The molecule has 9 atom stereocenters. The van der Waals surface area contributed by atoms with Crippen LogP contribution in [0.2, 0.25) is 10.0 Å². The van der Waals surface area contributed by atoms with Crippen molar-refractivity contribution in [1.29, 1.82) is 5.26 Å². The molecule has 1 amide bonds. The second kappa shape index (κ2) is 18.9. The Bertz CT molecular complexity index is 2200. The van der Waals surface area contributed by atoms with Crippen molar-refractivity contribution in [3.05, 3.63) is 93.0 Å². The first kappa shape index (κ1) is 48.5. The number of ether oxygens (including phenoxy) is 3. The zero-order valence-electron chi connectivity index (χ0n) is 32.2. The molecule has 5 rings (SSSR count). The lowest BCUT2D eigenvalue weighted by Gasteiger charge is -2.37. The van der Waals surface area contributed by atoms with Gasteiger partial charge < -0.3 is 50.4 Å². The van der Waals surface area contributed by atoms with Gasteiger partial charge in [-0.1, -0.05) is 62.2 Å². The van der Waals surface area contributed by atoms with E-state index in [1.165, 1.54) is 49.6 Å². The van der Waals surface area contributed by atoms with E-state index < -0.39 is 101 Å². The van der Waals surface area contributed by atoms with Crippen LogP contribution in [0.4, 0.5) is 27.6 Å². The molecule has 15 nitrogen and oxygen atoms in total. The number of carbonyl (C=O) groups is 4. The number of nitrogens with zero attached hydrogens (tertiary/aromatic N) is 1. The molecule has 2 saturated heterocycles. The number of alkyl halides is 3. The third-order valence-electron chi connectivity index (χ3n) is 9.71. The van der Waals surface area contributed by atoms with Gasteiger partial charge in [-0.3, -0.25) is 4.79 Å². The number of benzene rings is 3. The van der Waals surface area contributed by atoms with Crippen LogP contribution in [0.1, 0.15) is 54.6 Å². The van der Waals surface area contributed by atoms with Gasteiger partial charge >= 0.3 is 24.1 Å². The second-order valence-corrected chi connectivity index (χ2v) is 15.9. The summed E-state index contributed by atoms with van der Waals surface area (Å²) in [4.78, 5) is 47.8. The van der Waals surface area contributed by atoms with Gasteiger partial charge in [-0.2, -0.15) is 18.4 Å². The molecular weight excluding hydrogens is 868 g/mol. The number of aliphatic hydroxyl groups excluding tert-OH is 3. The zero-order chi connectivity index (χ0) is 45.9. The number of nitrogens with one attached hydrogen (secondary N) is 2. The molecule has 3 aromatic rings. The molecule has 0 aromatic heterocycles. The van der Waals surface area contributed by atoms with Crippen LogP contribution in [0, 0.1) is 28.4 Å². The summed E-state index contributed by atoms with van der Waals surface area (Å²) in [5, 5.41) is 63.4. The van der Waals surface area contributed by atoms with Crippen LogP contribution >= 0.6 is 23.2 Å². The van der Waals surface area contributed by atoms with Gasteiger partial charge in [0, 0.05) is 22.5 Å². The Balaban J connectivity index is 0.00000107. The Morgan fingerprint density at radius 1 is 0.967 bits per heavy atom. The van der Waals surface area contributed by atoms with E-state index in [1.54, 1.807) is 0 Å². The maximum atomic E-state index is 16.0. The standard InChI is InChI=1S/C37H37Cl2F2N3O10.C2HF3O2/c1-36(2,3)14-24-37(15-42,19-10-9-17(38)13-21(19)40)25(18-6-5-7-20(39)26(18)41)27(44-24)32(48)43-22-11-8-16(12-23(22)52-4)34(51)54-35-30(47)28(45)29(46)31(53-35)33(49)50;3-2(4,5)1(6)7/h5-13,24-25,27-31,35,44-47H,14H2,1-4H3,(H,43,48)(H,49,50);(H,6,7)/t24-,25-,27+,28-,29-,30+,31-,35-,37-;/m0./s1. The summed E-state index contributed by atoms with van der Waals surface area (Å²) in [5.74, 6) is -9.58. The second-order valence-electron chi connectivity index (χ2n) is 15.0. The molecule has 61 heavy (non-hydrogen) atoms. The Morgan fingerprint density at radius 2 is 1.61 bits per heavy atom. The van der Waals surface area contributed by atoms with Gasteiger partial charge in [0.2, 0.25) is 12.2 Å². The van der Waals surface area contributed by atoms with Gasteiger partial charge in [0.15, 0.2) is 6.10 Å². The molecule has 0 bridgehead atoms. The third-order valence-corrected chi connectivity index (χ3v) is 10.2. The Hall–Kier alpha value is -5.14. The minimum absolute atomic E-state index is 0.00380. The van der Waals surface area contributed by atoms with Crippen molar-refractivity contribution in [2.45, 2.75) is 87.5 Å². The number of carbonyl (C=O) groups excluding carboxylic acids is 2. The maximum Gasteiger partial charge on any atom is 0.490 e. The number of rotatable bonds is 9. The summed E-state index contributed by atoms with van der Waals surface area (Å²) in [6.45, 7) is 5.68. The van der Waals surface area contributed by atoms with Crippen LogP contribution in [-0.2, 0) is 29.3 Å². The van der Waals surface area contributed by atoms with Crippen molar-refractivity contribution in [3.63, 3.8) is 0 Å². The smallest absolute Gasteiger partial charge is 0.490 e. The minimum atomic E-state index is -5.08. The summed E-state index contributed by atoms with van der Waals surface area (Å²) in [6.07, 6.45) is -14.9. The van der Waals surface area contributed by atoms with E-state index in [1.807, 2.05) is 20.8 Å². The summed E-state index contributed by atoms with van der Waals surface area (Å²) < 4.78 is 79.2. The van der Waals surface area contributed by atoms with Crippen molar-refractivity contribution < 1.29 is 80.9 Å². The molecule has 0 saturated carbocycles. The van der Waals surface area contributed by atoms with Gasteiger partial charge in [-0.25, -0.2) is 23.2 Å². The van der Waals surface area contributed by atoms with E-state index in [-0.39, 0.29) is 44.6 Å². The number of carboxylic acid groups (broad SMARTS) is 2. The number of aliphatic carboxylic acids is 2. The molecule has 2 aliphatic heterocycles. The number of amides is 1. The maximum absolute atomic E-state index is 16.0. The first-order valence-electron chi connectivity index (χ1n) is 17.8. The lowest BCUT2D eigenvalue weighted by atomic mass is 9.62. The van der Waals surface area contributed by atoms with E-state index in [0.29, 0.717) is 0 Å². The van der Waals surface area contributed by atoms with E-state index in [0.717, 1.165) is 12.1 Å². The number of hydrogen-bond acceptors (Lipinski definition) is 12. The zero-order valence-corrected chi connectivity index (χ0v) is 33.7. The Morgan fingerprint density at radius 3 is 2.15 bits per heavy atom. The fourth-order valence-corrected chi connectivity index (χ4v) is 7.35. The molecule has 0 unspecified atom stereocenters. The molecule has 0 spiro atoms. The highest BCUT2D eigenvalue weighted by Gasteiger charge is 2.61. The van der Waals surface area contributed by atoms with Crippen molar-refractivity contribution in [2.75, 3.05) is 12.4 Å². The van der Waals surface area contributed by atoms with Crippen LogP contribution in [0.25, 0.3) is 0 Å². The van der Waals surface area contributed by atoms with Gasteiger partial charge in [-0.15, -0.1) is 0 Å². The molecule has 2 fully saturated rings. The van der Waals surface area contributed by atoms with Crippen molar-refractivity contribution in [3.8, 4) is 11.8 Å². The molecule has 330 valence electrons. The molecule has 22 heteroatoms. The Labute approximate surface area is 353 Å². The van der Waals surface area contributed by atoms with E-state index in [2.05, 4.69) is 16.7 Å². The summed E-state index contributed by atoms with van der Waals surface area (Å²) in [6, 6.07) is 11.5. The summed E-state index contributed by atoms with van der Waals surface area (Å²) in [7, 11) is 1.23. The predicted octanol–water partition coefficient (Wildman–Crippen LogP) is 4.92. The quantitative estimate of drug-likeness (QED) is 0.111. The van der Waals surface area contributed by atoms with Gasteiger partial charge in [0.05, 0.1) is 35.5 Å². The average Bonchev–Trinajstić information content (AvgIpc) is 3.48. The largest absolute Gasteiger partial charge is 0.495 e. The highest BCUT2D eigenvalue weighted by molar-refractivity contribution is 6.31. The summed E-state index contributed by atoms with van der Waals surface area (Å²) in [5.41, 5.74) is -2.82. The van der Waals surface area contributed by atoms with Gasteiger partial charge in [-0.05, 0) is 53.8 Å². The number of hydrogen-bond donors (Lipinski definition) is 7. The monoisotopic (exact) mass is 905 g/mol. The van der Waals surface area contributed by atoms with Gasteiger partial charge in [0.25, 0.3) is 0 Å². The molecular formula is C39H38Cl2F5N3O12. The number of carboxylic acids is 2. The average molecular weight is 907 g/mol. The number of anilines is 1. The van der Waals surface area contributed by atoms with Crippen LogP contribution in [0.15, 0.2) is 54.6 Å². The fraction of sp³-hybridized carbons (Fsp3) is 0.410. The Kier molecular flexibility index (Phi) is 15.0. The van der Waals surface area contributed by atoms with E-state index in [9.17, 15) is 53.2 Å². The van der Waals surface area contributed by atoms with Crippen LogP contribution < -0.4 is 15.4 Å². The lowest BCUT2D eigenvalue weighted by Crippen LogP contribution is -2.60. The fourth-order valence-electron chi connectivity index (χ4n) is 7.01. The SMILES string of the molecule is COc1cc(C(=O)O[C@@H]2O[C@H](C(=O)O)[C@@H](O)[C@H](O)[C@H]2O)ccc1NC(=O)[C@@H]1N[C@@H](CC(C)(C)C)[C@](C#N)(c2ccc(Cl)cc2F)[C@H]1c1cccc(Cl)c1F.O=C(O)C(F)(F)F. The summed E-state index contributed by atoms with van der Waals surface area (Å²) >= 11 is 12.3. The molecule has 2 aliphatic rings. The van der Waals surface area contributed by atoms with Crippen molar-refractivity contribution >= 4 is 52.7 Å². The highest BCUT2D eigenvalue weighted by atomic mass is 35.5. The number of aliphatic hydroxyl groups is 3. The van der Waals surface area contributed by atoms with Crippen LogP contribution in [-0.4, -0.2) is 105 Å². The van der Waals surface area contributed by atoms with Gasteiger partial charge in [0.1, 0.15) is 41.1 Å². The lowest BCUT2D eigenvalue weighted by molar-refractivity contribution is -0.278. The predicted molar refractivity (Wildman–Crippen MR) is 203 cm³/mol. The van der Waals surface area contributed by atoms with Crippen LogP contribution in [0.3, 0.4) is 0 Å². The first-order chi connectivity index (χ1) is 28.3.